The number of nitrogens with one attached hydrogen (secondary N) is 2. The van der Waals surface area contributed by atoms with E-state index in [1.54, 1.807) is 0 Å². The molecule has 0 aromatic heterocycles. The van der Waals surface area contributed by atoms with Crippen LogP contribution in [0.2, 0.25) is 0 Å². The lowest BCUT2D eigenvalue weighted by Gasteiger charge is -2.32. The monoisotopic (exact) mass is 239 g/mol. The van der Waals surface area contributed by atoms with Gasteiger partial charge in [0.05, 0.1) is 5.54 Å². The van der Waals surface area contributed by atoms with Gasteiger partial charge in [-0.2, -0.15) is 0 Å². The first-order valence-electron chi connectivity index (χ1n) is 6.84. The third kappa shape index (κ3) is 2.73. The Labute approximate surface area is 104 Å². The van der Waals surface area contributed by atoms with Crippen molar-refractivity contribution in [3.63, 3.8) is 0 Å². The average Bonchev–Trinajstić information content (AvgIpc) is 3.06. The highest BCUT2D eigenvalue weighted by Crippen LogP contribution is 2.42. The van der Waals surface area contributed by atoms with E-state index in [-0.39, 0.29) is 17.6 Å². The van der Waals surface area contributed by atoms with Gasteiger partial charge in [0.2, 0.25) is 0 Å². The van der Waals surface area contributed by atoms with Gasteiger partial charge in [-0.25, -0.2) is 4.79 Å². The molecule has 1 unspecified atom stereocenters. The minimum Gasteiger partial charge on any atom is -0.335 e. The van der Waals surface area contributed by atoms with Crippen LogP contribution in [0.4, 0.5) is 4.79 Å². The van der Waals surface area contributed by atoms with Crippen molar-refractivity contribution in [2.24, 2.45) is 5.92 Å². The Balaban J connectivity index is 1.97. The van der Waals surface area contributed by atoms with Crippen molar-refractivity contribution < 1.29 is 4.79 Å². The number of amides is 2. The third-order valence-electron chi connectivity index (χ3n) is 4.19. The molecule has 2 N–H and O–H groups in total. The van der Waals surface area contributed by atoms with Crippen molar-refractivity contribution in [2.45, 2.75) is 51.6 Å². The normalized spacial score (nSPS) is 24.6. The number of hydrogen-bond donors (Lipinski definition) is 2. The molecule has 1 saturated carbocycles. The number of nitrogens with zero attached hydrogens (tertiary/aromatic N) is 1. The second-order valence-electron chi connectivity index (χ2n) is 5.89. The fourth-order valence-corrected chi connectivity index (χ4v) is 2.36. The van der Waals surface area contributed by atoms with Crippen molar-refractivity contribution in [3.05, 3.63) is 0 Å². The second-order valence-corrected chi connectivity index (χ2v) is 5.89. The summed E-state index contributed by atoms with van der Waals surface area (Å²) in [5.41, 5.74) is 0.136. The van der Waals surface area contributed by atoms with E-state index < -0.39 is 0 Å². The largest absolute Gasteiger partial charge is 0.335 e. The number of carbonyl (C=O) groups excluding carboxylic acids is 1. The quantitative estimate of drug-likeness (QED) is 0.768. The van der Waals surface area contributed by atoms with Crippen molar-refractivity contribution >= 4 is 6.03 Å². The number of carbonyl (C=O) groups is 1. The van der Waals surface area contributed by atoms with E-state index in [4.69, 9.17) is 0 Å². The zero-order chi connectivity index (χ0) is 12.5. The van der Waals surface area contributed by atoms with E-state index in [1.165, 1.54) is 0 Å². The van der Waals surface area contributed by atoms with Crippen LogP contribution < -0.4 is 10.6 Å². The van der Waals surface area contributed by atoms with E-state index in [1.807, 2.05) is 0 Å². The SMILES string of the molecule is CC(C)C(C)NC(=O)N1CCCNCC12CC2. The highest BCUT2D eigenvalue weighted by atomic mass is 16.2. The van der Waals surface area contributed by atoms with Gasteiger partial charge < -0.3 is 15.5 Å². The predicted molar refractivity (Wildman–Crippen MR) is 69.0 cm³/mol. The van der Waals surface area contributed by atoms with E-state index in [0.717, 1.165) is 38.9 Å². The van der Waals surface area contributed by atoms with Crippen LogP contribution in [0.1, 0.15) is 40.0 Å². The number of rotatable bonds is 2. The summed E-state index contributed by atoms with van der Waals surface area (Å²) in [5.74, 6) is 0.485. The summed E-state index contributed by atoms with van der Waals surface area (Å²) in [6.45, 7) is 9.26. The first-order valence-corrected chi connectivity index (χ1v) is 6.84. The molecule has 1 spiro atoms. The lowest BCUT2D eigenvalue weighted by molar-refractivity contribution is 0.165. The average molecular weight is 239 g/mol. The van der Waals surface area contributed by atoms with Crippen LogP contribution in [0, 0.1) is 5.92 Å². The molecule has 1 aliphatic carbocycles. The van der Waals surface area contributed by atoms with E-state index in [9.17, 15) is 4.79 Å². The molecule has 17 heavy (non-hydrogen) atoms. The highest BCUT2D eigenvalue weighted by Gasteiger charge is 2.50. The van der Waals surface area contributed by atoms with Crippen LogP contribution >= 0.6 is 0 Å². The first kappa shape index (κ1) is 12.7. The van der Waals surface area contributed by atoms with Crippen molar-refractivity contribution in [3.8, 4) is 0 Å². The standard InChI is InChI=1S/C13H25N3O/c1-10(2)11(3)15-12(17)16-8-4-7-14-9-13(16)5-6-13/h10-11,14H,4-9H2,1-3H3,(H,15,17). The van der Waals surface area contributed by atoms with E-state index in [0.29, 0.717) is 5.92 Å². The Kier molecular flexibility index (Phi) is 3.61. The molecule has 1 saturated heterocycles. The van der Waals surface area contributed by atoms with Gasteiger partial charge >= 0.3 is 6.03 Å². The maximum atomic E-state index is 12.3. The van der Waals surface area contributed by atoms with Gasteiger partial charge in [0.15, 0.2) is 0 Å². The molecule has 1 heterocycles. The van der Waals surface area contributed by atoms with Gasteiger partial charge in [0.25, 0.3) is 0 Å². The fourth-order valence-electron chi connectivity index (χ4n) is 2.36. The lowest BCUT2D eigenvalue weighted by Crippen LogP contribution is -2.52. The van der Waals surface area contributed by atoms with Gasteiger partial charge in [-0.1, -0.05) is 13.8 Å². The molecule has 2 fully saturated rings. The summed E-state index contributed by atoms with van der Waals surface area (Å²) >= 11 is 0. The number of urea groups is 1. The van der Waals surface area contributed by atoms with Gasteiger partial charge in [0, 0.05) is 19.1 Å². The Bertz CT molecular complexity index is 286. The third-order valence-corrected chi connectivity index (χ3v) is 4.19. The summed E-state index contributed by atoms with van der Waals surface area (Å²) in [7, 11) is 0. The zero-order valence-corrected chi connectivity index (χ0v) is 11.3. The fraction of sp³-hybridized carbons (Fsp3) is 0.923. The van der Waals surface area contributed by atoms with E-state index in [2.05, 4.69) is 36.3 Å². The summed E-state index contributed by atoms with van der Waals surface area (Å²) in [6, 6.07) is 0.377. The van der Waals surface area contributed by atoms with Gasteiger partial charge in [-0.15, -0.1) is 0 Å². The Morgan fingerprint density at radius 1 is 1.35 bits per heavy atom. The maximum Gasteiger partial charge on any atom is 0.318 e. The molecule has 0 aromatic carbocycles. The molecule has 0 bridgehead atoms. The molecule has 4 heteroatoms. The molecule has 2 aliphatic rings. The predicted octanol–water partition coefficient (Wildman–Crippen LogP) is 1.57. The van der Waals surface area contributed by atoms with Gasteiger partial charge in [-0.3, -0.25) is 0 Å². The molecule has 1 atom stereocenters. The van der Waals surface area contributed by atoms with Crippen LogP contribution in [0.25, 0.3) is 0 Å². The molecule has 0 radical (unpaired) electrons. The molecule has 2 amide bonds. The molecule has 2 rings (SSSR count). The molecular weight excluding hydrogens is 214 g/mol. The molecular formula is C13H25N3O. The Morgan fingerprint density at radius 3 is 2.65 bits per heavy atom. The molecule has 1 aliphatic heterocycles. The topological polar surface area (TPSA) is 44.4 Å². The van der Waals surface area contributed by atoms with Crippen LogP contribution in [0.15, 0.2) is 0 Å². The van der Waals surface area contributed by atoms with Crippen LogP contribution in [-0.4, -0.2) is 42.1 Å². The Hall–Kier alpha value is -0.770. The summed E-state index contributed by atoms with van der Waals surface area (Å²) in [6.07, 6.45) is 3.37. The highest BCUT2D eigenvalue weighted by molar-refractivity contribution is 5.76. The lowest BCUT2D eigenvalue weighted by atomic mass is 10.1. The van der Waals surface area contributed by atoms with Gasteiger partial charge in [0.1, 0.15) is 0 Å². The molecule has 98 valence electrons. The number of hydrogen-bond acceptors (Lipinski definition) is 2. The summed E-state index contributed by atoms with van der Waals surface area (Å²) < 4.78 is 0. The van der Waals surface area contributed by atoms with Crippen molar-refractivity contribution in [1.82, 2.24) is 15.5 Å². The van der Waals surface area contributed by atoms with Crippen molar-refractivity contribution in [1.29, 1.82) is 0 Å². The minimum absolute atomic E-state index is 0.132. The minimum atomic E-state index is 0.132. The van der Waals surface area contributed by atoms with Crippen LogP contribution in [-0.2, 0) is 0 Å². The Morgan fingerprint density at radius 2 is 2.06 bits per heavy atom. The maximum absolute atomic E-state index is 12.3. The van der Waals surface area contributed by atoms with Crippen molar-refractivity contribution in [2.75, 3.05) is 19.6 Å². The van der Waals surface area contributed by atoms with Crippen LogP contribution in [0.5, 0.6) is 0 Å². The summed E-state index contributed by atoms with van der Waals surface area (Å²) in [4.78, 5) is 14.4. The van der Waals surface area contributed by atoms with Crippen LogP contribution in [0.3, 0.4) is 0 Å². The smallest absolute Gasteiger partial charge is 0.318 e. The summed E-state index contributed by atoms with van der Waals surface area (Å²) in [5, 5.41) is 6.57. The second kappa shape index (κ2) is 4.84. The molecule has 4 nitrogen and oxygen atoms in total. The zero-order valence-electron chi connectivity index (χ0n) is 11.3. The first-order chi connectivity index (χ1) is 8.05. The van der Waals surface area contributed by atoms with Gasteiger partial charge in [-0.05, 0) is 38.6 Å². The van der Waals surface area contributed by atoms with E-state index >= 15 is 0 Å². The molecule has 0 aromatic rings.